The predicted octanol–water partition coefficient (Wildman–Crippen LogP) is 2.78. The zero-order valence-electron chi connectivity index (χ0n) is 10.2. The minimum Gasteiger partial charge on any atom is -0.496 e. The molecule has 0 amide bonds. The maximum Gasteiger partial charge on any atom is 0.142 e. The van der Waals surface area contributed by atoms with Crippen LogP contribution in [-0.4, -0.2) is 12.9 Å². The van der Waals surface area contributed by atoms with Crippen LogP contribution in [0.25, 0.3) is 0 Å². The lowest BCUT2D eigenvalue weighted by Gasteiger charge is -2.19. The highest BCUT2D eigenvalue weighted by molar-refractivity contribution is 5.87. The van der Waals surface area contributed by atoms with Crippen molar-refractivity contribution in [3.63, 3.8) is 0 Å². The summed E-state index contributed by atoms with van der Waals surface area (Å²) in [6.45, 7) is 4.07. The summed E-state index contributed by atoms with van der Waals surface area (Å²) in [6, 6.07) is 5.97. The van der Waals surface area contributed by atoms with Crippen LogP contribution >= 0.6 is 0 Å². The van der Waals surface area contributed by atoms with Crippen molar-refractivity contribution in [1.29, 1.82) is 0 Å². The van der Waals surface area contributed by atoms with Gasteiger partial charge >= 0.3 is 0 Å². The van der Waals surface area contributed by atoms with Crippen LogP contribution in [0.5, 0.6) is 5.75 Å². The molecule has 1 aliphatic carbocycles. The molecular weight excluding hydrogens is 200 g/mol. The van der Waals surface area contributed by atoms with Gasteiger partial charge in [0.2, 0.25) is 0 Å². The van der Waals surface area contributed by atoms with Crippen LogP contribution in [0.4, 0.5) is 0 Å². The summed E-state index contributed by atoms with van der Waals surface area (Å²) in [4.78, 5) is 12.1. The zero-order valence-corrected chi connectivity index (χ0v) is 10.2. The first-order valence-electron chi connectivity index (χ1n) is 5.72. The van der Waals surface area contributed by atoms with Crippen molar-refractivity contribution in [2.75, 3.05) is 7.11 Å². The standard InChI is InChI=1S/C14H18O2/c1-14(2)8-7-11-10(9-13(14)15)5-4-6-12(11)16-3/h4-6H,7-9H2,1-3H3. The fourth-order valence-electron chi connectivity index (χ4n) is 2.24. The fraction of sp³-hybridized carbons (Fsp3) is 0.500. The average Bonchev–Trinajstić information content (AvgIpc) is 2.37. The lowest BCUT2D eigenvalue weighted by atomic mass is 9.83. The first-order chi connectivity index (χ1) is 7.54. The summed E-state index contributed by atoms with van der Waals surface area (Å²) < 4.78 is 5.36. The van der Waals surface area contributed by atoms with Crippen LogP contribution in [-0.2, 0) is 17.6 Å². The summed E-state index contributed by atoms with van der Waals surface area (Å²) >= 11 is 0. The van der Waals surface area contributed by atoms with Crippen LogP contribution < -0.4 is 4.74 Å². The Kier molecular flexibility index (Phi) is 2.75. The van der Waals surface area contributed by atoms with Gasteiger partial charge in [0.05, 0.1) is 7.11 Å². The first-order valence-corrected chi connectivity index (χ1v) is 5.72. The number of carbonyl (C=O) groups is 1. The van der Waals surface area contributed by atoms with Crippen molar-refractivity contribution in [2.45, 2.75) is 33.1 Å². The largest absolute Gasteiger partial charge is 0.496 e. The molecule has 2 nitrogen and oxygen atoms in total. The maximum atomic E-state index is 12.1. The molecule has 2 heteroatoms. The van der Waals surface area contributed by atoms with E-state index in [0.29, 0.717) is 12.2 Å². The summed E-state index contributed by atoms with van der Waals surface area (Å²) in [5.74, 6) is 1.25. The third kappa shape index (κ3) is 1.84. The van der Waals surface area contributed by atoms with Crippen LogP contribution in [0.15, 0.2) is 18.2 Å². The van der Waals surface area contributed by atoms with Gasteiger partial charge in [-0.25, -0.2) is 0 Å². The second-order valence-corrected chi connectivity index (χ2v) is 5.08. The number of hydrogen-bond acceptors (Lipinski definition) is 2. The number of carbonyl (C=O) groups excluding carboxylic acids is 1. The molecule has 0 spiro atoms. The predicted molar refractivity (Wildman–Crippen MR) is 63.8 cm³/mol. The Balaban J connectivity index is 2.44. The highest BCUT2D eigenvalue weighted by Gasteiger charge is 2.31. The third-order valence-electron chi connectivity index (χ3n) is 3.56. The van der Waals surface area contributed by atoms with Gasteiger partial charge in [0, 0.05) is 11.8 Å². The van der Waals surface area contributed by atoms with Gasteiger partial charge in [0.1, 0.15) is 11.5 Å². The van der Waals surface area contributed by atoms with Gasteiger partial charge in [0.15, 0.2) is 0 Å². The molecule has 0 aromatic heterocycles. The third-order valence-corrected chi connectivity index (χ3v) is 3.56. The van der Waals surface area contributed by atoms with Gasteiger partial charge in [-0.15, -0.1) is 0 Å². The molecule has 0 atom stereocenters. The molecule has 0 heterocycles. The highest BCUT2D eigenvalue weighted by Crippen LogP contribution is 2.34. The molecular formula is C14H18O2. The van der Waals surface area contributed by atoms with Crippen LogP contribution in [0, 0.1) is 5.41 Å². The van der Waals surface area contributed by atoms with Crippen molar-refractivity contribution < 1.29 is 9.53 Å². The second-order valence-electron chi connectivity index (χ2n) is 5.08. The quantitative estimate of drug-likeness (QED) is 0.677. The lowest BCUT2D eigenvalue weighted by Crippen LogP contribution is -2.24. The number of rotatable bonds is 1. The molecule has 0 saturated carbocycles. The van der Waals surface area contributed by atoms with Crippen LogP contribution in [0.3, 0.4) is 0 Å². The van der Waals surface area contributed by atoms with Crippen molar-refractivity contribution in [2.24, 2.45) is 5.41 Å². The minimum atomic E-state index is -0.204. The Morgan fingerprint density at radius 1 is 1.31 bits per heavy atom. The molecule has 1 aromatic rings. The molecule has 0 fully saturated rings. The SMILES string of the molecule is COc1cccc2c1CCC(C)(C)C(=O)C2. The van der Waals surface area contributed by atoms with E-state index in [1.165, 1.54) is 5.56 Å². The minimum absolute atomic E-state index is 0.204. The second kappa shape index (κ2) is 3.93. The molecule has 1 aromatic carbocycles. The summed E-state index contributed by atoms with van der Waals surface area (Å²) in [5.41, 5.74) is 2.14. The molecule has 1 aliphatic rings. The average molecular weight is 218 g/mol. The summed E-state index contributed by atoms with van der Waals surface area (Å²) in [6.07, 6.45) is 2.37. The van der Waals surface area contributed by atoms with Gasteiger partial charge in [-0.3, -0.25) is 4.79 Å². The molecule has 0 saturated heterocycles. The van der Waals surface area contributed by atoms with E-state index in [-0.39, 0.29) is 5.41 Å². The molecule has 0 radical (unpaired) electrons. The molecule has 86 valence electrons. The van der Waals surface area contributed by atoms with Crippen LogP contribution in [0.1, 0.15) is 31.4 Å². The zero-order chi connectivity index (χ0) is 11.8. The van der Waals surface area contributed by atoms with Crippen LogP contribution in [0.2, 0.25) is 0 Å². The van der Waals surface area contributed by atoms with Crippen molar-refractivity contribution in [3.8, 4) is 5.75 Å². The first kappa shape index (κ1) is 11.2. The molecule has 0 N–H and O–H groups in total. The van der Waals surface area contributed by atoms with E-state index in [1.807, 2.05) is 32.0 Å². The number of hydrogen-bond donors (Lipinski definition) is 0. The lowest BCUT2D eigenvalue weighted by molar-refractivity contribution is -0.126. The molecule has 2 rings (SSSR count). The van der Waals surface area contributed by atoms with E-state index in [9.17, 15) is 4.79 Å². The van der Waals surface area contributed by atoms with Gasteiger partial charge in [0.25, 0.3) is 0 Å². The van der Waals surface area contributed by atoms with Gasteiger partial charge in [-0.1, -0.05) is 26.0 Å². The number of benzene rings is 1. The van der Waals surface area contributed by atoms with Crippen molar-refractivity contribution in [1.82, 2.24) is 0 Å². The van der Waals surface area contributed by atoms with Crippen molar-refractivity contribution in [3.05, 3.63) is 29.3 Å². The summed E-state index contributed by atoms with van der Waals surface area (Å²) in [5, 5.41) is 0. The molecule has 16 heavy (non-hydrogen) atoms. The number of ketones is 1. The fourth-order valence-corrected chi connectivity index (χ4v) is 2.24. The number of ether oxygens (including phenoxy) is 1. The topological polar surface area (TPSA) is 26.3 Å². The highest BCUT2D eigenvalue weighted by atomic mass is 16.5. The van der Waals surface area contributed by atoms with E-state index in [0.717, 1.165) is 24.2 Å². The number of methoxy groups -OCH3 is 1. The summed E-state index contributed by atoms with van der Waals surface area (Å²) in [7, 11) is 1.69. The molecule has 0 aliphatic heterocycles. The van der Waals surface area contributed by atoms with Gasteiger partial charge in [-0.05, 0) is 30.0 Å². The van der Waals surface area contributed by atoms with E-state index in [2.05, 4.69) is 0 Å². The van der Waals surface area contributed by atoms with Crippen molar-refractivity contribution >= 4 is 5.78 Å². The normalized spacial score (nSPS) is 18.8. The smallest absolute Gasteiger partial charge is 0.142 e. The molecule has 0 unspecified atom stereocenters. The van der Waals surface area contributed by atoms with E-state index >= 15 is 0 Å². The monoisotopic (exact) mass is 218 g/mol. The Morgan fingerprint density at radius 2 is 2.06 bits per heavy atom. The Morgan fingerprint density at radius 3 is 2.75 bits per heavy atom. The van der Waals surface area contributed by atoms with Gasteiger partial charge < -0.3 is 4.74 Å². The Bertz CT molecular complexity index is 419. The maximum absolute atomic E-state index is 12.1. The van der Waals surface area contributed by atoms with E-state index < -0.39 is 0 Å². The molecule has 0 bridgehead atoms. The van der Waals surface area contributed by atoms with E-state index in [4.69, 9.17) is 4.74 Å². The number of Topliss-reactive ketones (excluding diaryl/α,β-unsaturated/α-hetero) is 1. The van der Waals surface area contributed by atoms with Gasteiger partial charge in [-0.2, -0.15) is 0 Å². The number of fused-ring (bicyclic) bond motifs is 1. The Labute approximate surface area is 96.6 Å². The van der Waals surface area contributed by atoms with E-state index in [1.54, 1.807) is 7.11 Å². The Hall–Kier alpha value is -1.31.